The first-order valence-electron chi connectivity index (χ1n) is 10.2. The number of benzene rings is 1. The Balaban J connectivity index is 3.38. The third-order valence-electron chi connectivity index (χ3n) is 4.31. The Morgan fingerprint density at radius 1 is 0.800 bits per heavy atom. The molecule has 0 aliphatic carbocycles. The first-order chi connectivity index (χ1) is 15.5. The predicted molar refractivity (Wildman–Crippen MR) is 124 cm³/mol. The summed E-state index contributed by atoms with van der Waals surface area (Å²) >= 11 is 0. The number of rotatable bonds is 7. The van der Waals surface area contributed by atoms with E-state index in [2.05, 4.69) is 0 Å². The fraction of sp³-hybridized carbons (Fsp3) is 0.571. The van der Waals surface area contributed by atoms with Crippen LogP contribution in [0, 0.1) is 0 Å². The van der Waals surface area contributed by atoms with Crippen molar-refractivity contribution in [2.45, 2.75) is 75.0 Å². The van der Waals surface area contributed by atoms with Crippen LogP contribution in [0.15, 0.2) is 34.1 Å². The second-order valence-electron chi connectivity index (χ2n) is 9.81. The fourth-order valence-corrected chi connectivity index (χ4v) is 4.87. The van der Waals surface area contributed by atoms with E-state index in [0.717, 1.165) is 32.4 Å². The molecule has 0 aliphatic rings. The fourth-order valence-electron chi connectivity index (χ4n) is 2.46. The van der Waals surface area contributed by atoms with Crippen LogP contribution in [0.5, 0.6) is 0 Å². The van der Waals surface area contributed by atoms with Crippen molar-refractivity contribution in [3.05, 3.63) is 24.3 Å². The molecule has 1 aromatic carbocycles. The maximum atomic E-state index is 13.0. The van der Waals surface area contributed by atoms with Gasteiger partial charge in [-0.3, -0.25) is 4.90 Å². The molecule has 1 rings (SSSR count). The van der Waals surface area contributed by atoms with E-state index >= 15 is 0 Å². The van der Waals surface area contributed by atoms with Crippen molar-refractivity contribution in [3.63, 3.8) is 0 Å². The van der Waals surface area contributed by atoms with Gasteiger partial charge in [0.05, 0.1) is 4.90 Å². The van der Waals surface area contributed by atoms with Crippen LogP contribution < -0.4 is 4.89 Å². The van der Waals surface area contributed by atoms with Gasteiger partial charge in [-0.1, -0.05) is 12.1 Å². The molecular weight excluding hydrogens is 504 g/mol. The minimum absolute atomic E-state index is 0.538. The summed E-state index contributed by atoms with van der Waals surface area (Å²) in [4.78, 5) is 44.3. The van der Waals surface area contributed by atoms with Gasteiger partial charge in [0, 0.05) is 13.3 Å². The molecule has 35 heavy (non-hydrogen) atoms. The number of amides is 1. The number of carbonyl (C=O) groups is 3. The maximum Gasteiger partial charge on any atom is 0.411 e. The molecule has 0 spiro atoms. The highest BCUT2D eigenvalue weighted by Gasteiger charge is 2.53. The molecule has 0 radical (unpaired) electrons. The highest BCUT2D eigenvalue weighted by Crippen LogP contribution is 2.25. The quantitative estimate of drug-likeness (QED) is 0.235. The molecule has 1 atom stereocenters. The van der Waals surface area contributed by atoms with E-state index in [9.17, 15) is 31.2 Å². The highest BCUT2D eigenvalue weighted by molar-refractivity contribution is 7.93. The summed E-state index contributed by atoms with van der Waals surface area (Å²) < 4.78 is 59.9. The normalized spacial score (nSPS) is 14.4. The van der Waals surface area contributed by atoms with Crippen molar-refractivity contribution >= 4 is 37.9 Å². The number of likely N-dealkylation sites (N-methyl/N-ethyl adjacent to an activating group) is 1. The molecule has 0 aliphatic heterocycles. The summed E-state index contributed by atoms with van der Waals surface area (Å²) in [6.45, 7) is 10.3. The van der Waals surface area contributed by atoms with E-state index in [1.165, 1.54) is 37.8 Å². The van der Waals surface area contributed by atoms with Gasteiger partial charge in [0.25, 0.3) is 10.0 Å². The summed E-state index contributed by atoms with van der Waals surface area (Å²) in [5, 5.41) is 0. The maximum absolute atomic E-state index is 13.0. The Morgan fingerprint density at radius 2 is 1.26 bits per heavy atom. The topological polar surface area (TPSA) is 162 Å². The van der Waals surface area contributed by atoms with Crippen LogP contribution in [0.4, 0.5) is 4.79 Å². The molecule has 0 unspecified atom stereocenters. The molecule has 0 heterocycles. The van der Waals surface area contributed by atoms with Crippen LogP contribution in [-0.2, 0) is 43.8 Å². The van der Waals surface area contributed by atoms with Gasteiger partial charge < -0.3 is 14.3 Å². The lowest BCUT2D eigenvalue weighted by Crippen LogP contribution is -2.62. The third kappa shape index (κ3) is 7.90. The van der Waals surface area contributed by atoms with Crippen LogP contribution in [0.3, 0.4) is 0 Å². The van der Waals surface area contributed by atoms with Crippen LogP contribution in [-0.4, -0.2) is 69.8 Å². The zero-order chi connectivity index (χ0) is 27.6. The van der Waals surface area contributed by atoms with Gasteiger partial charge in [0.1, 0.15) is 16.1 Å². The van der Waals surface area contributed by atoms with Crippen molar-refractivity contribution in [2.75, 3.05) is 13.3 Å². The summed E-state index contributed by atoms with van der Waals surface area (Å²) in [5.41, 5.74) is -4.56. The Bertz CT molecular complexity index is 1200. The minimum Gasteiger partial charge on any atom is -0.458 e. The van der Waals surface area contributed by atoms with Crippen molar-refractivity contribution in [2.24, 2.45) is 0 Å². The number of nitrogens with zero attached hydrogens (tertiary/aromatic N) is 1. The Kier molecular flexibility index (Phi) is 8.76. The number of carbonyl (C=O) groups excluding carboxylic acids is 3. The largest absolute Gasteiger partial charge is 0.458 e. The molecule has 198 valence electrons. The summed E-state index contributed by atoms with van der Waals surface area (Å²) in [7, 11) is -7.61. The lowest BCUT2D eigenvalue weighted by Gasteiger charge is -2.36. The Morgan fingerprint density at radius 3 is 1.69 bits per heavy atom. The SMILES string of the molecule is CN(C(=O)OC(C)(C)C)[C@](C)(C(=O)ONS(=O)(=O)c1ccccc1S(C)(=O)=O)C(=O)OC(C)(C)C. The van der Waals surface area contributed by atoms with E-state index in [-0.39, 0.29) is 0 Å². The molecule has 12 nitrogen and oxygen atoms in total. The van der Waals surface area contributed by atoms with Crippen LogP contribution in [0.25, 0.3) is 0 Å². The van der Waals surface area contributed by atoms with Gasteiger partial charge in [-0.15, -0.1) is 0 Å². The number of hydrogen-bond acceptors (Lipinski definition) is 10. The van der Waals surface area contributed by atoms with Crippen molar-refractivity contribution in [1.29, 1.82) is 0 Å². The van der Waals surface area contributed by atoms with Crippen molar-refractivity contribution in [3.8, 4) is 0 Å². The number of sulfonamides is 1. The van der Waals surface area contributed by atoms with Gasteiger partial charge >= 0.3 is 18.0 Å². The first-order valence-corrected chi connectivity index (χ1v) is 13.6. The van der Waals surface area contributed by atoms with E-state index in [4.69, 9.17) is 14.3 Å². The number of sulfone groups is 1. The molecule has 0 aromatic heterocycles. The zero-order valence-corrected chi connectivity index (χ0v) is 22.8. The highest BCUT2D eigenvalue weighted by atomic mass is 32.2. The van der Waals surface area contributed by atoms with Gasteiger partial charge in [0.2, 0.25) is 5.54 Å². The van der Waals surface area contributed by atoms with Gasteiger partial charge in [-0.2, -0.15) is 0 Å². The van der Waals surface area contributed by atoms with Crippen molar-refractivity contribution < 1.29 is 45.5 Å². The minimum atomic E-state index is -4.72. The van der Waals surface area contributed by atoms with Gasteiger partial charge in [0.15, 0.2) is 9.84 Å². The summed E-state index contributed by atoms with van der Waals surface area (Å²) in [6.07, 6.45) is -0.281. The van der Waals surface area contributed by atoms with E-state index in [1.54, 1.807) is 20.8 Å². The van der Waals surface area contributed by atoms with Crippen LogP contribution in [0.2, 0.25) is 0 Å². The molecule has 0 bridgehead atoms. The predicted octanol–water partition coefficient (Wildman–Crippen LogP) is 1.79. The second-order valence-corrected chi connectivity index (χ2v) is 13.4. The molecule has 1 N–H and O–H groups in total. The standard InChI is InChI=1S/C21H32N2O10S2/c1-19(2,3)31-16(24)21(7,23(8)18(26)32-20(4,5)6)17(25)33-22-35(29,30)15-13-11-10-12-14(15)34(9,27)28/h10-13,22H,1-9H3/t21-/m0/s1. The molecule has 0 saturated carbocycles. The smallest absolute Gasteiger partial charge is 0.411 e. The lowest BCUT2D eigenvalue weighted by atomic mass is 10.0. The monoisotopic (exact) mass is 536 g/mol. The first kappa shape index (κ1) is 30.3. The van der Waals surface area contributed by atoms with E-state index in [1.807, 2.05) is 0 Å². The Labute approximate surface area is 205 Å². The number of hydrogen-bond donors (Lipinski definition) is 1. The van der Waals surface area contributed by atoms with Gasteiger partial charge in [-0.05, 0) is 65.5 Å². The van der Waals surface area contributed by atoms with Crippen molar-refractivity contribution in [1.82, 2.24) is 9.79 Å². The van der Waals surface area contributed by atoms with E-state index < -0.39 is 64.4 Å². The molecule has 14 heteroatoms. The van der Waals surface area contributed by atoms with Gasteiger partial charge in [-0.25, -0.2) is 31.2 Å². The average molecular weight is 537 g/mol. The molecule has 0 saturated heterocycles. The second kappa shape index (κ2) is 10.1. The molecule has 0 fully saturated rings. The zero-order valence-electron chi connectivity index (χ0n) is 21.2. The number of nitrogens with one attached hydrogen (secondary N) is 1. The molecule has 1 amide bonds. The lowest BCUT2D eigenvalue weighted by molar-refractivity contribution is -0.181. The number of ether oxygens (including phenoxy) is 2. The third-order valence-corrected chi connectivity index (χ3v) is 6.84. The molecule has 1 aromatic rings. The molecular formula is C21H32N2O10S2. The van der Waals surface area contributed by atoms with Crippen LogP contribution >= 0.6 is 0 Å². The van der Waals surface area contributed by atoms with Crippen LogP contribution in [0.1, 0.15) is 48.5 Å². The summed E-state index contributed by atoms with van der Waals surface area (Å²) in [5.74, 6) is -2.75. The average Bonchev–Trinajstić information content (AvgIpc) is 2.67. The van der Waals surface area contributed by atoms with E-state index in [0.29, 0.717) is 4.90 Å². The summed E-state index contributed by atoms with van der Waals surface area (Å²) in [6, 6.07) is 4.64. The number of esters is 1. The Hall–Kier alpha value is -2.71.